The quantitative estimate of drug-likeness (QED) is 0.737. The van der Waals surface area contributed by atoms with Crippen molar-refractivity contribution in [3.63, 3.8) is 0 Å². The topological polar surface area (TPSA) is 65.4 Å². The minimum absolute atomic E-state index is 0.584. The molecule has 0 atom stereocenters. The van der Waals surface area contributed by atoms with Crippen LogP contribution in [0.15, 0.2) is 16.6 Å². The van der Waals surface area contributed by atoms with Gasteiger partial charge in [-0.15, -0.1) is 5.10 Å². The normalized spacial score (nSPS) is 10.0. The van der Waals surface area contributed by atoms with Gasteiger partial charge < -0.3 is 0 Å². The average molecular weight is 223 g/mol. The van der Waals surface area contributed by atoms with Gasteiger partial charge in [0.25, 0.3) is 0 Å². The first kappa shape index (κ1) is 7.25. The number of nitrogens with one attached hydrogen (secondary N) is 1. The number of benzene rings is 1. The summed E-state index contributed by atoms with van der Waals surface area (Å²) in [6.45, 7) is 0. The fraction of sp³-hybridized carbons (Fsp3) is 0. The van der Waals surface area contributed by atoms with Gasteiger partial charge in [0.05, 0.1) is 17.1 Å². The summed E-state index contributed by atoms with van der Waals surface area (Å²) in [5.41, 5.74) is 2.09. The van der Waals surface area contributed by atoms with Crippen molar-refractivity contribution in [3.05, 3.63) is 22.2 Å². The monoisotopic (exact) mass is 222 g/mol. The molecule has 0 amide bonds. The molecule has 4 nitrogen and oxygen atoms in total. The minimum Gasteiger partial charge on any atom is -0.257 e. The molecular formula is C7H3BrN4. The number of aromatic nitrogens is 3. The van der Waals surface area contributed by atoms with Crippen LogP contribution in [0.3, 0.4) is 0 Å². The predicted octanol–water partition coefficient (Wildman–Crippen LogP) is 1.59. The van der Waals surface area contributed by atoms with E-state index < -0.39 is 0 Å². The average Bonchev–Trinajstić information content (AvgIpc) is 2.52. The van der Waals surface area contributed by atoms with E-state index in [4.69, 9.17) is 5.26 Å². The molecule has 58 valence electrons. The van der Waals surface area contributed by atoms with Gasteiger partial charge in [-0.3, -0.25) is 5.10 Å². The van der Waals surface area contributed by atoms with Crippen LogP contribution in [0, 0.1) is 11.3 Å². The molecule has 1 heterocycles. The van der Waals surface area contributed by atoms with E-state index in [1.165, 1.54) is 0 Å². The molecule has 0 aliphatic heterocycles. The molecule has 1 aromatic heterocycles. The lowest BCUT2D eigenvalue weighted by Crippen LogP contribution is -1.77. The van der Waals surface area contributed by atoms with Crippen LogP contribution >= 0.6 is 15.9 Å². The second-order valence-electron chi connectivity index (χ2n) is 2.28. The fourth-order valence-electron chi connectivity index (χ4n) is 0.979. The zero-order valence-corrected chi connectivity index (χ0v) is 7.46. The van der Waals surface area contributed by atoms with E-state index in [9.17, 15) is 0 Å². The van der Waals surface area contributed by atoms with E-state index in [1.807, 2.05) is 6.07 Å². The Balaban J connectivity index is 2.86. The third-order valence-electron chi connectivity index (χ3n) is 1.51. The third-order valence-corrected chi connectivity index (χ3v) is 2.12. The maximum Gasteiger partial charge on any atom is 0.127 e. The third kappa shape index (κ3) is 0.970. The molecule has 5 heteroatoms. The van der Waals surface area contributed by atoms with Crippen LogP contribution in [-0.2, 0) is 0 Å². The van der Waals surface area contributed by atoms with Gasteiger partial charge in [-0.25, -0.2) is 0 Å². The SMILES string of the molecule is N#Cc1cc(Br)c2nn[nH]c2c1. The highest BCUT2D eigenvalue weighted by atomic mass is 79.9. The number of fused-ring (bicyclic) bond motifs is 1. The number of rotatable bonds is 0. The Labute approximate surface area is 76.3 Å². The second kappa shape index (κ2) is 2.57. The van der Waals surface area contributed by atoms with Crippen LogP contribution in [0.2, 0.25) is 0 Å². The van der Waals surface area contributed by atoms with Gasteiger partial charge in [0.15, 0.2) is 0 Å². The molecule has 0 spiro atoms. The zero-order chi connectivity index (χ0) is 8.55. The van der Waals surface area contributed by atoms with Crippen molar-refractivity contribution in [2.45, 2.75) is 0 Å². The summed E-state index contributed by atoms with van der Waals surface area (Å²) in [6, 6.07) is 5.47. The molecule has 0 unspecified atom stereocenters. The number of hydrogen-bond donors (Lipinski definition) is 1. The van der Waals surface area contributed by atoms with Gasteiger partial charge in [-0.1, -0.05) is 5.21 Å². The summed E-state index contributed by atoms with van der Waals surface area (Å²) in [5.74, 6) is 0. The molecule has 0 fully saturated rings. The highest BCUT2D eigenvalue weighted by Crippen LogP contribution is 2.21. The van der Waals surface area contributed by atoms with E-state index >= 15 is 0 Å². The Morgan fingerprint density at radius 1 is 1.50 bits per heavy atom. The number of hydrogen-bond acceptors (Lipinski definition) is 3. The van der Waals surface area contributed by atoms with Gasteiger partial charge in [-0.2, -0.15) is 5.26 Å². The summed E-state index contributed by atoms with van der Waals surface area (Å²) in [4.78, 5) is 0. The van der Waals surface area contributed by atoms with E-state index in [1.54, 1.807) is 12.1 Å². The Hall–Kier alpha value is -1.41. The molecule has 0 aliphatic rings. The predicted molar refractivity (Wildman–Crippen MR) is 46.3 cm³/mol. The lowest BCUT2D eigenvalue weighted by atomic mass is 10.2. The van der Waals surface area contributed by atoms with Crippen LogP contribution in [0.1, 0.15) is 5.56 Å². The Kier molecular flexibility index (Phi) is 1.55. The van der Waals surface area contributed by atoms with E-state index in [0.29, 0.717) is 5.56 Å². The largest absolute Gasteiger partial charge is 0.257 e. The van der Waals surface area contributed by atoms with Gasteiger partial charge in [-0.05, 0) is 28.1 Å². The standard InChI is InChI=1S/C7H3BrN4/c8-5-1-4(3-9)2-6-7(5)11-12-10-6/h1-2H,(H,10,11,12). The maximum absolute atomic E-state index is 8.63. The molecule has 1 aromatic carbocycles. The molecule has 1 N–H and O–H groups in total. The fourth-order valence-corrected chi connectivity index (χ4v) is 1.52. The number of aromatic amines is 1. The second-order valence-corrected chi connectivity index (χ2v) is 3.13. The lowest BCUT2D eigenvalue weighted by Gasteiger charge is -1.91. The smallest absolute Gasteiger partial charge is 0.127 e. The van der Waals surface area contributed by atoms with Crippen molar-refractivity contribution in [2.75, 3.05) is 0 Å². The molecular weight excluding hydrogens is 220 g/mol. The van der Waals surface area contributed by atoms with Gasteiger partial charge >= 0.3 is 0 Å². The Bertz CT molecular complexity index is 468. The molecule has 2 aromatic rings. The molecule has 0 aliphatic carbocycles. The molecule has 0 bridgehead atoms. The number of nitriles is 1. The summed E-state index contributed by atoms with van der Waals surface area (Å²) in [7, 11) is 0. The summed E-state index contributed by atoms with van der Waals surface area (Å²) < 4.78 is 0.783. The van der Waals surface area contributed by atoms with Crippen molar-refractivity contribution in [3.8, 4) is 6.07 Å². The summed E-state index contributed by atoms with van der Waals surface area (Å²) in [6.07, 6.45) is 0. The molecule has 0 saturated carbocycles. The van der Waals surface area contributed by atoms with Crippen molar-refractivity contribution in [1.82, 2.24) is 15.4 Å². The van der Waals surface area contributed by atoms with Gasteiger partial charge in [0.2, 0.25) is 0 Å². The Morgan fingerprint density at radius 2 is 2.33 bits per heavy atom. The van der Waals surface area contributed by atoms with E-state index in [2.05, 4.69) is 31.3 Å². The first-order valence-corrected chi connectivity index (χ1v) is 4.01. The lowest BCUT2D eigenvalue weighted by molar-refractivity contribution is 0.959. The summed E-state index contributed by atoms with van der Waals surface area (Å²) >= 11 is 3.29. The van der Waals surface area contributed by atoms with E-state index in [0.717, 1.165) is 15.5 Å². The van der Waals surface area contributed by atoms with Gasteiger partial charge in [0, 0.05) is 4.47 Å². The van der Waals surface area contributed by atoms with Crippen LogP contribution < -0.4 is 0 Å². The number of halogens is 1. The Morgan fingerprint density at radius 3 is 3.08 bits per heavy atom. The van der Waals surface area contributed by atoms with Gasteiger partial charge in [0.1, 0.15) is 5.52 Å². The van der Waals surface area contributed by atoms with Crippen LogP contribution in [-0.4, -0.2) is 15.4 Å². The molecule has 2 rings (SSSR count). The van der Waals surface area contributed by atoms with Crippen LogP contribution in [0.25, 0.3) is 11.0 Å². The van der Waals surface area contributed by atoms with Crippen molar-refractivity contribution in [1.29, 1.82) is 5.26 Å². The van der Waals surface area contributed by atoms with E-state index in [-0.39, 0.29) is 0 Å². The van der Waals surface area contributed by atoms with Crippen molar-refractivity contribution < 1.29 is 0 Å². The van der Waals surface area contributed by atoms with Crippen molar-refractivity contribution >= 4 is 27.0 Å². The first-order chi connectivity index (χ1) is 5.81. The number of H-pyrrole nitrogens is 1. The zero-order valence-electron chi connectivity index (χ0n) is 5.87. The first-order valence-electron chi connectivity index (χ1n) is 3.21. The number of nitrogens with zero attached hydrogens (tertiary/aromatic N) is 3. The highest BCUT2D eigenvalue weighted by molar-refractivity contribution is 9.10. The molecule has 0 radical (unpaired) electrons. The highest BCUT2D eigenvalue weighted by Gasteiger charge is 2.03. The molecule has 12 heavy (non-hydrogen) atoms. The van der Waals surface area contributed by atoms with Crippen LogP contribution in [0.5, 0.6) is 0 Å². The van der Waals surface area contributed by atoms with Crippen molar-refractivity contribution in [2.24, 2.45) is 0 Å². The summed E-state index contributed by atoms with van der Waals surface area (Å²) in [5, 5.41) is 18.8. The minimum atomic E-state index is 0.584. The maximum atomic E-state index is 8.63. The van der Waals surface area contributed by atoms with Crippen LogP contribution in [0.4, 0.5) is 0 Å². The molecule has 0 saturated heterocycles.